The topological polar surface area (TPSA) is 15.3 Å². The molecule has 0 amide bonds. The minimum atomic E-state index is 0.397. The van der Waals surface area contributed by atoms with Crippen LogP contribution in [0.4, 0.5) is 0 Å². The van der Waals surface area contributed by atoms with Crippen molar-refractivity contribution in [3.8, 4) is 0 Å². The summed E-state index contributed by atoms with van der Waals surface area (Å²) in [7, 11) is 2.11. The lowest BCUT2D eigenvalue weighted by Gasteiger charge is -2.22. The normalized spacial score (nSPS) is 20.6. The molecule has 1 aromatic carbocycles. The van der Waals surface area contributed by atoms with E-state index >= 15 is 0 Å². The Morgan fingerprint density at radius 3 is 2.44 bits per heavy atom. The molecule has 1 atom stereocenters. The zero-order valence-electron chi connectivity index (χ0n) is 10.4. The van der Waals surface area contributed by atoms with Crippen molar-refractivity contribution < 1.29 is 0 Å². The second kappa shape index (κ2) is 4.30. The Morgan fingerprint density at radius 1 is 1.31 bits per heavy atom. The van der Waals surface area contributed by atoms with Crippen molar-refractivity contribution in [2.24, 2.45) is 0 Å². The molecule has 1 saturated heterocycles. The van der Waals surface area contributed by atoms with Crippen molar-refractivity contribution in [3.05, 3.63) is 47.2 Å². The fourth-order valence-electron chi connectivity index (χ4n) is 2.34. The van der Waals surface area contributed by atoms with E-state index in [2.05, 4.69) is 55.9 Å². The van der Waals surface area contributed by atoms with E-state index < -0.39 is 0 Å². The molecule has 1 aliphatic heterocycles. The minimum absolute atomic E-state index is 0.397. The molecule has 0 bridgehead atoms. The lowest BCUT2D eigenvalue weighted by molar-refractivity contribution is 0.327. The number of aryl methyl sites for hydroxylation is 2. The van der Waals surface area contributed by atoms with Crippen molar-refractivity contribution in [1.29, 1.82) is 0 Å². The molecule has 2 rings (SSSR count). The summed E-state index contributed by atoms with van der Waals surface area (Å²) in [5, 5.41) is 3.47. The van der Waals surface area contributed by atoms with Gasteiger partial charge in [-0.25, -0.2) is 0 Å². The first-order valence-corrected chi connectivity index (χ1v) is 5.77. The fourth-order valence-corrected chi connectivity index (χ4v) is 2.34. The zero-order chi connectivity index (χ0) is 11.7. The molecule has 1 fully saturated rings. The standard InChI is InChI=1S/C14H20N2/c1-10-5-11(2)7-13(6-10)8-14-15-9-12(3)16(14)4/h5-7,14-15H,3,8-9H2,1-2,4H3. The van der Waals surface area contributed by atoms with Crippen molar-refractivity contribution in [1.82, 2.24) is 10.2 Å². The van der Waals surface area contributed by atoms with Crippen LogP contribution in [0.15, 0.2) is 30.5 Å². The van der Waals surface area contributed by atoms with E-state index in [-0.39, 0.29) is 0 Å². The molecule has 0 saturated carbocycles. The molecule has 1 unspecified atom stereocenters. The maximum atomic E-state index is 4.03. The molecule has 1 aliphatic rings. The Labute approximate surface area is 98.0 Å². The fraction of sp³-hybridized carbons (Fsp3) is 0.429. The van der Waals surface area contributed by atoms with Gasteiger partial charge in [-0.1, -0.05) is 35.9 Å². The smallest absolute Gasteiger partial charge is 0.0833 e. The van der Waals surface area contributed by atoms with E-state index in [4.69, 9.17) is 0 Å². The first-order chi connectivity index (χ1) is 7.56. The molecule has 0 aliphatic carbocycles. The van der Waals surface area contributed by atoms with E-state index in [1.165, 1.54) is 22.4 Å². The summed E-state index contributed by atoms with van der Waals surface area (Å²) in [6, 6.07) is 6.75. The number of nitrogens with zero attached hydrogens (tertiary/aromatic N) is 1. The highest BCUT2D eigenvalue weighted by Crippen LogP contribution is 2.16. The first-order valence-electron chi connectivity index (χ1n) is 5.77. The van der Waals surface area contributed by atoms with Crippen LogP contribution >= 0.6 is 0 Å². The molecule has 1 aromatic rings. The molecule has 16 heavy (non-hydrogen) atoms. The number of likely N-dealkylation sites (N-methyl/N-ethyl adjacent to an activating group) is 1. The Morgan fingerprint density at radius 2 is 1.94 bits per heavy atom. The minimum Gasteiger partial charge on any atom is -0.361 e. The Kier molecular flexibility index (Phi) is 3.01. The predicted octanol–water partition coefficient (Wildman–Crippen LogP) is 2.22. The number of nitrogens with one attached hydrogen (secondary N) is 1. The van der Waals surface area contributed by atoms with Gasteiger partial charge in [-0.3, -0.25) is 5.32 Å². The van der Waals surface area contributed by atoms with Gasteiger partial charge in [0, 0.05) is 25.7 Å². The van der Waals surface area contributed by atoms with Crippen molar-refractivity contribution >= 4 is 0 Å². The van der Waals surface area contributed by atoms with Gasteiger partial charge in [0.2, 0.25) is 0 Å². The van der Waals surface area contributed by atoms with Gasteiger partial charge in [0.15, 0.2) is 0 Å². The summed E-state index contributed by atoms with van der Waals surface area (Å²) in [6.07, 6.45) is 1.44. The van der Waals surface area contributed by atoms with Crippen LogP contribution in [-0.2, 0) is 6.42 Å². The average molecular weight is 216 g/mol. The van der Waals surface area contributed by atoms with Gasteiger partial charge >= 0.3 is 0 Å². The second-order valence-corrected chi connectivity index (χ2v) is 4.77. The van der Waals surface area contributed by atoms with Crippen LogP contribution in [-0.4, -0.2) is 24.7 Å². The van der Waals surface area contributed by atoms with Crippen LogP contribution in [0.2, 0.25) is 0 Å². The van der Waals surface area contributed by atoms with Gasteiger partial charge in [-0.15, -0.1) is 0 Å². The van der Waals surface area contributed by atoms with Gasteiger partial charge in [-0.05, 0) is 19.4 Å². The highest BCUT2D eigenvalue weighted by molar-refractivity contribution is 5.29. The number of hydrogen-bond donors (Lipinski definition) is 1. The van der Waals surface area contributed by atoms with Gasteiger partial charge in [0.05, 0.1) is 6.17 Å². The third kappa shape index (κ3) is 2.27. The first kappa shape index (κ1) is 11.2. The van der Waals surface area contributed by atoms with Crippen LogP contribution in [0.5, 0.6) is 0 Å². The molecule has 2 nitrogen and oxygen atoms in total. The maximum absolute atomic E-state index is 4.03. The third-order valence-corrected chi connectivity index (χ3v) is 3.22. The van der Waals surface area contributed by atoms with E-state index in [0.29, 0.717) is 6.17 Å². The molecule has 0 radical (unpaired) electrons. The van der Waals surface area contributed by atoms with E-state index in [1.54, 1.807) is 0 Å². The van der Waals surface area contributed by atoms with E-state index in [0.717, 1.165) is 13.0 Å². The van der Waals surface area contributed by atoms with Gasteiger partial charge in [0.25, 0.3) is 0 Å². The Bertz CT molecular complexity index is 389. The summed E-state index contributed by atoms with van der Waals surface area (Å²) < 4.78 is 0. The lowest BCUT2D eigenvalue weighted by Crippen LogP contribution is -2.34. The molecule has 2 heteroatoms. The average Bonchev–Trinajstić information content (AvgIpc) is 2.48. The predicted molar refractivity (Wildman–Crippen MR) is 68.3 cm³/mol. The van der Waals surface area contributed by atoms with Crippen LogP contribution in [0.3, 0.4) is 0 Å². The molecule has 1 heterocycles. The highest BCUT2D eigenvalue weighted by atomic mass is 15.3. The van der Waals surface area contributed by atoms with Crippen molar-refractivity contribution in [3.63, 3.8) is 0 Å². The molecular weight excluding hydrogens is 196 g/mol. The van der Waals surface area contributed by atoms with Crippen molar-refractivity contribution in [2.45, 2.75) is 26.4 Å². The largest absolute Gasteiger partial charge is 0.361 e. The molecule has 0 aromatic heterocycles. The van der Waals surface area contributed by atoms with Crippen LogP contribution in [0.25, 0.3) is 0 Å². The zero-order valence-corrected chi connectivity index (χ0v) is 10.4. The summed E-state index contributed by atoms with van der Waals surface area (Å²) in [5.41, 5.74) is 5.26. The number of benzene rings is 1. The highest BCUT2D eigenvalue weighted by Gasteiger charge is 2.22. The molecule has 0 spiro atoms. The summed E-state index contributed by atoms with van der Waals surface area (Å²) in [6.45, 7) is 9.24. The summed E-state index contributed by atoms with van der Waals surface area (Å²) in [5.74, 6) is 0. The quantitative estimate of drug-likeness (QED) is 0.815. The molecular formula is C14H20N2. The van der Waals surface area contributed by atoms with Gasteiger partial charge in [-0.2, -0.15) is 0 Å². The van der Waals surface area contributed by atoms with Crippen LogP contribution in [0.1, 0.15) is 16.7 Å². The van der Waals surface area contributed by atoms with Crippen LogP contribution in [0, 0.1) is 13.8 Å². The van der Waals surface area contributed by atoms with Crippen molar-refractivity contribution in [2.75, 3.05) is 13.6 Å². The SMILES string of the molecule is C=C1CNC(Cc2cc(C)cc(C)c2)N1C. The summed E-state index contributed by atoms with van der Waals surface area (Å²) >= 11 is 0. The summed E-state index contributed by atoms with van der Waals surface area (Å²) in [4.78, 5) is 2.23. The monoisotopic (exact) mass is 216 g/mol. The van der Waals surface area contributed by atoms with E-state index in [1.807, 2.05) is 0 Å². The Balaban J connectivity index is 2.12. The third-order valence-electron chi connectivity index (χ3n) is 3.22. The van der Waals surface area contributed by atoms with Gasteiger partial charge in [0.1, 0.15) is 0 Å². The number of rotatable bonds is 2. The molecule has 86 valence electrons. The second-order valence-electron chi connectivity index (χ2n) is 4.77. The number of hydrogen-bond acceptors (Lipinski definition) is 2. The van der Waals surface area contributed by atoms with Crippen LogP contribution < -0.4 is 5.32 Å². The Hall–Kier alpha value is -1.28. The van der Waals surface area contributed by atoms with E-state index in [9.17, 15) is 0 Å². The maximum Gasteiger partial charge on any atom is 0.0833 e. The van der Waals surface area contributed by atoms with Gasteiger partial charge < -0.3 is 4.90 Å². The lowest BCUT2D eigenvalue weighted by atomic mass is 10.0. The molecule has 1 N–H and O–H groups in total.